The Morgan fingerprint density at radius 1 is 0.772 bits per heavy atom. The Balaban J connectivity index is 1.64. The first kappa shape index (κ1) is 47.7. The highest BCUT2D eigenvalue weighted by atomic mass is 16.6. The van der Waals surface area contributed by atoms with Gasteiger partial charge in [-0.1, -0.05) is 63.2 Å². The molecule has 16 heteroatoms. The van der Waals surface area contributed by atoms with Gasteiger partial charge in [-0.15, -0.1) is 0 Å². The van der Waals surface area contributed by atoms with Crippen LogP contribution in [0.5, 0.6) is 0 Å². The molecular weight excluding hydrogens is 736 g/mol. The summed E-state index contributed by atoms with van der Waals surface area (Å²) < 4.78 is 27.0. The number of nitrogens with one attached hydrogen (secondary N) is 4. The number of carbonyl (C=O) groups excluding carboxylic acids is 4. The molecule has 2 aliphatic rings. The van der Waals surface area contributed by atoms with Gasteiger partial charge in [-0.2, -0.15) is 0 Å². The van der Waals surface area contributed by atoms with Gasteiger partial charge in [-0.3, -0.25) is 24.1 Å². The van der Waals surface area contributed by atoms with E-state index in [4.69, 9.17) is 28.5 Å². The molecule has 2 saturated heterocycles. The van der Waals surface area contributed by atoms with Gasteiger partial charge in [0.2, 0.25) is 23.6 Å². The van der Waals surface area contributed by atoms with Crippen LogP contribution < -0.4 is 21.3 Å². The first-order valence-electron chi connectivity index (χ1n) is 20.3. The number of hydrogen-bond donors (Lipinski definition) is 4. The van der Waals surface area contributed by atoms with E-state index in [1.54, 1.807) is 14.0 Å². The molecule has 3 rings (SSSR count). The Hall–Kier alpha value is -3.67. The third-order valence-corrected chi connectivity index (χ3v) is 9.54. The van der Waals surface area contributed by atoms with Crippen LogP contribution in [0.3, 0.4) is 0 Å². The third-order valence-electron chi connectivity index (χ3n) is 9.54. The minimum Gasteiger partial charge on any atom is -0.393 e. The van der Waals surface area contributed by atoms with Crippen LogP contribution in [0.25, 0.3) is 0 Å². The van der Waals surface area contributed by atoms with Crippen LogP contribution in [0.1, 0.15) is 66.4 Å². The Morgan fingerprint density at radius 3 is 1.96 bits per heavy atom. The molecule has 0 aromatic heterocycles. The molecule has 2 fully saturated rings. The zero-order valence-electron chi connectivity index (χ0n) is 35.1. The maximum atomic E-state index is 13.9. The van der Waals surface area contributed by atoms with Crippen LogP contribution >= 0.6 is 0 Å². The topological polar surface area (TPSA) is 191 Å². The summed E-state index contributed by atoms with van der Waals surface area (Å²) in [4.78, 5) is 62.1. The standard InChI is InChI=1S/C41H68N6O10/c1-29(2)25-34(37(41(6)28-56-41)46-57-24-23-55-22-21-54-20-19-52-7)44-38(49)31(5)42-40(51)35(26-30(3)4)45-39(50)33(14-13-32-11-9-8-10-12-32)43-36(48)27-47-15-17-53-18-16-47/h8-12,29-31,33-35H,13-28H2,1-7H3,(H,42,51)(H,43,48)(H,44,49)(H,45,50)/b46-37-/t31-,33-,34-,35?,41+/m0/s1. The number of carbonyl (C=O) groups is 4. The molecule has 1 aromatic rings. The Bertz CT molecular complexity index is 1390. The minimum absolute atomic E-state index is 0.0389. The van der Waals surface area contributed by atoms with Gasteiger partial charge in [0.05, 0.1) is 65.4 Å². The molecule has 0 aliphatic carbocycles. The Labute approximate surface area is 338 Å². The lowest BCUT2D eigenvalue weighted by molar-refractivity contribution is -0.134. The second kappa shape index (κ2) is 25.6. The molecular formula is C41H68N6O10. The van der Waals surface area contributed by atoms with E-state index in [1.807, 2.05) is 69.9 Å². The van der Waals surface area contributed by atoms with Crippen molar-refractivity contribution in [1.82, 2.24) is 26.2 Å². The number of amides is 4. The molecule has 0 radical (unpaired) electrons. The monoisotopic (exact) mass is 804 g/mol. The summed E-state index contributed by atoms with van der Waals surface area (Å²) in [6.45, 7) is 16.8. The second-order valence-electron chi connectivity index (χ2n) is 15.7. The van der Waals surface area contributed by atoms with Crippen LogP contribution in [0.4, 0.5) is 0 Å². The van der Waals surface area contributed by atoms with E-state index in [1.165, 1.54) is 0 Å². The number of rotatable bonds is 28. The number of methoxy groups -OCH3 is 1. The zero-order valence-corrected chi connectivity index (χ0v) is 35.1. The van der Waals surface area contributed by atoms with Gasteiger partial charge in [-0.25, -0.2) is 0 Å². The van der Waals surface area contributed by atoms with E-state index in [9.17, 15) is 19.2 Å². The predicted octanol–water partition coefficient (Wildman–Crippen LogP) is 1.84. The maximum absolute atomic E-state index is 13.9. The average molecular weight is 805 g/mol. The Morgan fingerprint density at radius 2 is 1.35 bits per heavy atom. The van der Waals surface area contributed by atoms with Crippen molar-refractivity contribution >= 4 is 29.3 Å². The van der Waals surface area contributed by atoms with Gasteiger partial charge < -0.3 is 49.8 Å². The van der Waals surface area contributed by atoms with Crippen molar-refractivity contribution in [3.63, 3.8) is 0 Å². The van der Waals surface area contributed by atoms with E-state index in [-0.39, 0.29) is 30.9 Å². The molecule has 0 spiro atoms. The summed E-state index contributed by atoms with van der Waals surface area (Å²) in [5.41, 5.74) is 0.876. The fourth-order valence-corrected chi connectivity index (χ4v) is 6.25. The molecule has 1 aromatic carbocycles. The third kappa shape index (κ3) is 18.6. The summed E-state index contributed by atoms with van der Waals surface area (Å²) in [5, 5.41) is 16.1. The van der Waals surface area contributed by atoms with Gasteiger partial charge in [0.25, 0.3) is 0 Å². The average Bonchev–Trinajstić information content (AvgIpc) is 3.92. The van der Waals surface area contributed by atoms with Gasteiger partial charge in [0.15, 0.2) is 0 Å². The van der Waals surface area contributed by atoms with Crippen molar-refractivity contribution in [2.75, 3.05) is 86.2 Å². The van der Waals surface area contributed by atoms with E-state index in [2.05, 4.69) is 26.4 Å². The van der Waals surface area contributed by atoms with Crippen LogP contribution in [-0.2, 0) is 54.1 Å². The lowest BCUT2D eigenvalue weighted by Gasteiger charge is -2.28. The first-order valence-corrected chi connectivity index (χ1v) is 20.3. The number of hydrogen-bond acceptors (Lipinski definition) is 12. The molecule has 16 nitrogen and oxygen atoms in total. The van der Waals surface area contributed by atoms with Crippen molar-refractivity contribution in [2.24, 2.45) is 17.0 Å². The van der Waals surface area contributed by atoms with E-state index >= 15 is 0 Å². The van der Waals surface area contributed by atoms with Crippen molar-refractivity contribution in [1.29, 1.82) is 0 Å². The lowest BCUT2D eigenvalue weighted by Crippen LogP contribution is -2.58. The fraction of sp³-hybridized carbons (Fsp3) is 0.732. The summed E-state index contributed by atoms with van der Waals surface area (Å²) in [5.74, 6) is -1.44. The maximum Gasteiger partial charge on any atom is 0.243 e. The smallest absolute Gasteiger partial charge is 0.243 e. The molecule has 57 heavy (non-hydrogen) atoms. The molecule has 0 saturated carbocycles. The molecule has 1 unspecified atom stereocenters. The van der Waals surface area contributed by atoms with E-state index in [0.29, 0.717) is 97.3 Å². The number of epoxide rings is 1. The SMILES string of the molecule is COCCOCCOCCO/N=C(/[C@H](CC(C)C)NC(=O)[C@H](C)NC(=O)C(CC(C)C)NC(=O)[C@H](CCc1ccccc1)NC(=O)CN1CCOCC1)[C@@]1(C)CO1. The predicted molar refractivity (Wildman–Crippen MR) is 216 cm³/mol. The van der Waals surface area contributed by atoms with Crippen molar-refractivity contribution in [3.05, 3.63) is 35.9 Å². The van der Waals surface area contributed by atoms with Gasteiger partial charge in [0, 0.05) is 20.2 Å². The molecule has 0 bridgehead atoms. The zero-order chi connectivity index (χ0) is 41.6. The highest BCUT2D eigenvalue weighted by Gasteiger charge is 2.49. The van der Waals surface area contributed by atoms with Gasteiger partial charge >= 0.3 is 0 Å². The molecule has 2 aliphatic heterocycles. The van der Waals surface area contributed by atoms with Gasteiger partial charge in [-0.05, 0) is 56.9 Å². The van der Waals surface area contributed by atoms with E-state index < -0.39 is 47.5 Å². The van der Waals surface area contributed by atoms with Crippen LogP contribution in [-0.4, -0.2) is 150 Å². The van der Waals surface area contributed by atoms with Crippen molar-refractivity contribution in [3.8, 4) is 0 Å². The van der Waals surface area contributed by atoms with Crippen molar-refractivity contribution < 1.29 is 47.7 Å². The Kier molecular flexibility index (Phi) is 21.5. The largest absolute Gasteiger partial charge is 0.393 e. The summed E-state index contributed by atoms with van der Waals surface area (Å²) in [6.07, 6.45) is 1.76. The number of aryl methyl sites for hydroxylation is 1. The minimum atomic E-state index is -0.949. The summed E-state index contributed by atoms with van der Waals surface area (Å²) in [6, 6.07) is 6.41. The number of oxime groups is 1. The number of benzene rings is 1. The number of nitrogens with zero attached hydrogens (tertiary/aromatic N) is 2. The quantitative estimate of drug-likeness (QED) is 0.0419. The molecule has 4 N–H and O–H groups in total. The van der Waals surface area contributed by atoms with E-state index in [0.717, 1.165) is 5.56 Å². The molecule has 322 valence electrons. The highest BCUT2D eigenvalue weighted by Crippen LogP contribution is 2.31. The van der Waals surface area contributed by atoms with Crippen LogP contribution in [0.15, 0.2) is 35.5 Å². The summed E-state index contributed by atoms with van der Waals surface area (Å²) >= 11 is 0. The molecule has 2 heterocycles. The lowest BCUT2D eigenvalue weighted by atomic mass is 9.92. The number of ether oxygens (including phenoxy) is 5. The molecule has 5 atom stereocenters. The number of morpholine rings is 1. The van der Waals surface area contributed by atoms with Crippen LogP contribution in [0, 0.1) is 11.8 Å². The molecule has 4 amide bonds. The van der Waals surface area contributed by atoms with Gasteiger partial charge in [0.1, 0.15) is 36.0 Å². The highest BCUT2D eigenvalue weighted by molar-refractivity contribution is 6.01. The second-order valence-corrected chi connectivity index (χ2v) is 15.7. The summed E-state index contributed by atoms with van der Waals surface area (Å²) in [7, 11) is 1.62. The fourth-order valence-electron chi connectivity index (χ4n) is 6.25. The van der Waals surface area contributed by atoms with Crippen molar-refractivity contribution in [2.45, 2.75) is 97.0 Å². The van der Waals surface area contributed by atoms with Crippen LogP contribution in [0.2, 0.25) is 0 Å². The normalized spacial score (nSPS) is 19.4. The first-order chi connectivity index (χ1) is 27.3.